The van der Waals surface area contributed by atoms with Gasteiger partial charge < -0.3 is 14.4 Å². The van der Waals surface area contributed by atoms with Gasteiger partial charge in [0.1, 0.15) is 22.6 Å². The number of ether oxygens (including phenoxy) is 2. The minimum Gasteiger partial charge on any atom is -0.493 e. The highest BCUT2D eigenvalue weighted by molar-refractivity contribution is 7.16. The molecule has 4 rings (SSSR count). The molecule has 0 radical (unpaired) electrons. The smallest absolute Gasteiger partial charge is 0.161 e. The summed E-state index contributed by atoms with van der Waals surface area (Å²) >= 11 is 1.65. The number of aromatic nitrogens is 2. The third-order valence-electron chi connectivity index (χ3n) is 3.93. The maximum absolute atomic E-state index is 6.04. The van der Waals surface area contributed by atoms with Crippen LogP contribution in [0.3, 0.4) is 0 Å². The van der Waals surface area contributed by atoms with Crippen LogP contribution >= 0.6 is 11.3 Å². The first-order chi connectivity index (χ1) is 11.2. The minimum absolute atomic E-state index is 0.148. The summed E-state index contributed by atoms with van der Waals surface area (Å²) in [4.78, 5) is 12.4. The van der Waals surface area contributed by atoms with Gasteiger partial charge in [0.15, 0.2) is 11.5 Å². The molecule has 1 aliphatic rings. The number of hydrogen-bond acceptors (Lipinski definition) is 6. The Balaban J connectivity index is 1.50. The minimum atomic E-state index is 0.148. The monoisotopic (exact) mass is 327 g/mol. The number of fused-ring (bicyclic) bond motifs is 1. The zero-order valence-corrected chi connectivity index (χ0v) is 13.8. The van der Waals surface area contributed by atoms with Crippen molar-refractivity contribution in [2.24, 2.45) is 0 Å². The van der Waals surface area contributed by atoms with Gasteiger partial charge in [-0.05, 0) is 30.5 Å². The molecule has 0 unspecified atom stereocenters. The molecule has 1 aliphatic heterocycles. The van der Waals surface area contributed by atoms with E-state index >= 15 is 0 Å². The molecule has 1 aromatic carbocycles. The van der Waals surface area contributed by atoms with Crippen molar-refractivity contribution >= 4 is 27.4 Å². The van der Waals surface area contributed by atoms with Gasteiger partial charge in [-0.25, -0.2) is 9.97 Å². The van der Waals surface area contributed by atoms with E-state index in [1.807, 2.05) is 31.2 Å². The zero-order valence-electron chi connectivity index (χ0n) is 13.0. The first-order valence-corrected chi connectivity index (χ1v) is 8.39. The lowest BCUT2D eigenvalue weighted by Gasteiger charge is -2.40. The normalized spacial score (nSPS) is 14.8. The highest BCUT2D eigenvalue weighted by Gasteiger charge is 2.31. The molecule has 3 aromatic rings. The van der Waals surface area contributed by atoms with E-state index in [0.29, 0.717) is 0 Å². The van der Waals surface area contributed by atoms with E-state index in [-0.39, 0.29) is 6.10 Å². The van der Waals surface area contributed by atoms with Gasteiger partial charge >= 0.3 is 0 Å². The number of nitrogens with zero attached hydrogens (tertiary/aromatic N) is 3. The molecule has 6 heteroatoms. The molecular weight excluding hydrogens is 310 g/mol. The number of thiophene rings is 1. The number of benzene rings is 1. The third kappa shape index (κ3) is 2.59. The van der Waals surface area contributed by atoms with Crippen molar-refractivity contribution in [2.45, 2.75) is 13.0 Å². The number of anilines is 1. The number of para-hydroxylation sites is 2. The van der Waals surface area contributed by atoms with E-state index in [1.165, 1.54) is 0 Å². The molecular formula is C17H17N3O2S. The molecule has 0 spiro atoms. The summed E-state index contributed by atoms with van der Waals surface area (Å²) < 4.78 is 11.4. The first-order valence-electron chi connectivity index (χ1n) is 7.51. The van der Waals surface area contributed by atoms with Crippen LogP contribution in [0, 0.1) is 6.92 Å². The summed E-state index contributed by atoms with van der Waals surface area (Å²) in [6.45, 7) is 3.57. The fraction of sp³-hybridized carbons (Fsp3) is 0.294. The summed E-state index contributed by atoms with van der Waals surface area (Å²) in [5, 5.41) is 3.18. The van der Waals surface area contributed by atoms with Gasteiger partial charge in [-0.2, -0.15) is 0 Å². The molecule has 2 aromatic heterocycles. The highest BCUT2D eigenvalue weighted by atomic mass is 32.1. The molecule has 0 amide bonds. The second kappa shape index (κ2) is 5.70. The molecule has 118 valence electrons. The second-order valence-corrected chi connectivity index (χ2v) is 6.42. The van der Waals surface area contributed by atoms with Gasteiger partial charge in [0, 0.05) is 0 Å². The largest absolute Gasteiger partial charge is 0.493 e. The van der Waals surface area contributed by atoms with Crippen LogP contribution in [0.1, 0.15) is 5.82 Å². The lowest BCUT2D eigenvalue weighted by Crippen LogP contribution is -2.54. The third-order valence-corrected chi connectivity index (χ3v) is 4.73. The van der Waals surface area contributed by atoms with Gasteiger partial charge in [-0.1, -0.05) is 12.1 Å². The van der Waals surface area contributed by atoms with Crippen LogP contribution in [0.4, 0.5) is 5.82 Å². The topological polar surface area (TPSA) is 47.5 Å². The maximum atomic E-state index is 6.04. The Bertz CT molecular complexity index is 843. The summed E-state index contributed by atoms with van der Waals surface area (Å²) in [5.41, 5.74) is 0. The molecule has 0 saturated carbocycles. The molecule has 0 aliphatic carbocycles. The Hall–Kier alpha value is -2.34. The van der Waals surface area contributed by atoms with Crippen molar-refractivity contribution in [3.63, 3.8) is 0 Å². The van der Waals surface area contributed by atoms with Gasteiger partial charge in [-0.3, -0.25) is 0 Å². The Morgan fingerprint density at radius 2 is 1.91 bits per heavy atom. The van der Waals surface area contributed by atoms with E-state index in [9.17, 15) is 0 Å². The summed E-state index contributed by atoms with van der Waals surface area (Å²) in [6, 6.07) is 9.83. The molecule has 5 nitrogen and oxygen atoms in total. The lowest BCUT2D eigenvalue weighted by atomic mass is 10.1. The maximum Gasteiger partial charge on any atom is 0.161 e. The predicted molar refractivity (Wildman–Crippen MR) is 91.8 cm³/mol. The van der Waals surface area contributed by atoms with Crippen LogP contribution < -0.4 is 14.4 Å². The first kappa shape index (κ1) is 14.3. The average Bonchev–Trinajstić information content (AvgIpc) is 2.98. The summed E-state index contributed by atoms with van der Waals surface area (Å²) in [6.07, 6.45) is 0.148. The van der Waals surface area contributed by atoms with E-state index < -0.39 is 0 Å². The quantitative estimate of drug-likeness (QED) is 0.736. The SMILES string of the molecule is COc1ccccc1OC1CN(c2nc(C)nc3sccc23)C1. The Labute approximate surface area is 138 Å². The van der Waals surface area contributed by atoms with Crippen LogP contribution in [-0.2, 0) is 0 Å². The number of rotatable bonds is 4. The van der Waals surface area contributed by atoms with Crippen molar-refractivity contribution < 1.29 is 9.47 Å². The zero-order chi connectivity index (χ0) is 15.8. The van der Waals surface area contributed by atoms with Gasteiger partial charge in [0.2, 0.25) is 0 Å². The number of aryl methyl sites for hydroxylation is 1. The molecule has 23 heavy (non-hydrogen) atoms. The van der Waals surface area contributed by atoms with Crippen LogP contribution in [-0.4, -0.2) is 36.3 Å². The summed E-state index contributed by atoms with van der Waals surface area (Å²) in [7, 11) is 1.66. The standard InChI is InChI=1S/C17H17N3O2S/c1-11-18-16(13-7-8-23-17(13)19-11)20-9-12(10-20)22-15-6-4-3-5-14(15)21-2/h3-8,12H,9-10H2,1-2H3. The average molecular weight is 327 g/mol. The van der Waals surface area contributed by atoms with Crippen molar-refractivity contribution in [3.05, 3.63) is 41.5 Å². The van der Waals surface area contributed by atoms with Crippen LogP contribution in [0.15, 0.2) is 35.7 Å². The van der Waals surface area contributed by atoms with Crippen molar-refractivity contribution in [3.8, 4) is 11.5 Å². The Kier molecular flexibility index (Phi) is 3.53. The van der Waals surface area contributed by atoms with Crippen molar-refractivity contribution in [1.82, 2.24) is 9.97 Å². The highest BCUT2D eigenvalue weighted by Crippen LogP contribution is 2.33. The molecule has 1 saturated heterocycles. The molecule has 1 fully saturated rings. The van der Waals surface area contributed by atoms with E-state index in [0.717, 1.165) is 46.4 Å². The predicted octanol–water partition coefficient (Wildman–Crippen LogP) is 3.28. The molecule has 0 N–H and O–H groups in total. The van der Waals surface area contributed by atoms with Crippen molar-refractivity contribution in [2.75, 3.05) is 25.1 Å². The van der Waals surface area contributed by atoms with E-state index in [1.54, 1.807) is 18.4 Å². The fourth-order valence-electron chi connectivity index (χ4n) is 2.77. The fourth-order valence-corrected chi connectivity index (χ4v) is 3.57. The van der Waals surface area contributed by atoms with Crippen LogP contribution in [0.5, 0.6) is 11.5 Å². The molecule has 0 bridgehead atoms. The molecule has 3 heterocycles. The second-order valence-electron chi connectivity index (χ2n) is 5.53. The Morgan fingerprint density at radius 3 is 2.70 bits per heavy atom. The number of methoxy groups -OCH3 is 1. The lowest BCUT2D eigenvalue weighted by molar-refractivity contribution is 0.161. The van der Waals surface area contributed by atoms with Gasteiger partial charge in [-0.15, -0.1) is 11.3 Å². The van der Waals surface area contributed by atoms with Crippen molar-refractivity contribution in [1.29, 1.82) is 0 Å². The van der Waals surface area contributed by atoms with E-state index in [4.69, 9.17) is 9.47 Å². The summed E-state index contributed by atoms with van der Waals surface area (Å²) in [5.74, 6) is 3.38. The van der Waals surface area contributed by atoms with E-state index in [2.05, 4.69) is 26.3 Å². The van der Waals surface area contributed by atoms with Crippen LogP contribution in [0.25, 0.3) is 10.2 Å². The van der Waals surface area contributed by atoms with Gasteiger partial charge in [0.25, 0.3) is 0 Å². The number of hydrogen-bond donors (Lipinski definition) is 0. The molecule has 0 atom stereocenters. The van der Waals surface area contributed by atoms with Gasteiger partial charge in [0.05, 0.1) is 25.6 Å². The Morgan fingerprint density at radius 1 is 1.13 bits per heavy atom. The van der Waals surface area contributed by atoms with Crippen LogP contribution in [0.2, 0.25) is 0 Å².